The summed E-state index contributed by atoms with van der Waals surface area (Å²) in [7, 11) is 0. The van der Waals surface area contributed by atoms with E-state index in [2.05, 4.69) is 50.5 Å². The van der Waals surface area contributed by atoms with Crippen molar-refractivity contribution in [1.29, 1.82) is 0 Å². The van der Waals surface area contributed by atoms with E-state index >= 15 is 0 Å². The molecule has 0 radical (unpaired) electrons. The number of carbonyl (C=O) groups is 4. The SMILES string of the molecule is N[C@@H](CS)C(=O)O.N[C@@H](CS)C(=O)O.N[C@@H](CS)C(=O)O.N[C@@H](CS)C(=O)O.[Zn].[Zn]. The van der Waals surface area contributed by atoms with Crippen molar-refractivity contribution in [3.05, 3.63) is 0 Å². The second-order valence-electron chi connectivity index (χ2n) is 4.51. The summed E-state index contributed by atoms with van der Waals surface area (Å²) < 4.78 is 0. The van der Waals surface area contributed by atoms with Crippen molar-refractivity contribution in [2.75, 3.05) is 23.0 Å². The van der Waals surface area contributed by atoms with Crippen LogP contribution in [0.4, 0.5) is 0 Å². The molecule has 0 amide bonds. The Hall–Kier alpha value is 0.367. The summed E-state index contributed by atoms with van der Waals surface area (Å²) in [5.41, 5.74) is 19.8. The Balaban J connectivity index is -0.0000000626. The summed E-state index contributed by atoms with van der Waals surface area (Å²) in [5.74, 6) is -3.26. The molecular weight excluding hydrogens is 587 g/mol. The van der Waals surface area contributed by atoms with Gasteiger partial charge in [0.15, 0.2) is 0 Å². The van der Waals surface area contributed by atoms with E-state index in [1.54, 1.807) is 0 Å². The van der Waals surface area contributed by atoms with Crippen LogP contribution >= 0.6 is 50.5 Å². The Morgan fingerprint density at radius 3 is 0.600 bits per heavy atom. The van der Waals surface area contributed by atoms with Crippen molar-refractivity contribution < 1.29 is 78.6 Å². The number of thiol groups is 4. The Labute approximate surface area is 221 Å². The first-order valence-electron chi connectivity index (χ1n) is 7.10. The van der Waals surface area contributed by atoms with Crippen molar-refractivity contribution in [3.8, 4) is 0 Å². The summed E-state index contributed by atoms with van der Waals surface area (Å²) >= 11 is 14.6. The van der Waals surface area contributed by atoms with Gasteiger partial charge in [-0.1, -0.05) is 0 Å². The normalized spacial score (nSPS) is 12.5. The molecule has 0 rings (SSSR count). The van der Waals surface area contributed by atoms with Gasteiger partial charge in [-0.05, 0) is 0 Å². The fraction of sp³-hybridized carbons (Fsp3) is 0.667. The van der Waals surface area contributed by atoms with E-state index in [0.717, 1.165) is 0 Å². The molecule has 0 aliphatic carbocycles. The second kappa shape index (κ2) is 29.4. The molecule has 0 spiro atoms. The monoisotopic (exact) mass is 612 g/mol. The average Bonchev–Trinajstić information content (AvgIpc) is 2.66. The van der Waals surface area contributed by atoms with Crippen LogP contribution < -0.4 is 22.9 Å². The van der Waals surface area contributed by atoms with Gasteiger partial charge in [0.1, 0.15) is 24.2 Å². The maximum absolute atomic E-state index is 9.76. The molecule has 0 aromatic carbocycles. The second-order valence-corrected chi connectivity index (χ2v) is 5.97. The standard InChI is InChI=1S/4C3H7NO2S.2Zn/c4*4-2(1-7)3(5)6;;/h4*2,7H,1,4H2,(H,5,6);;/t4*2-;;/m0000../s1. The number of hydrogen-bond acceptors (Lipinski definition) is 12. The zero-order valence-corrected chi connectivity index (χ0v) is 25.6. The first-order chi connectivity index (χ1) is 12.7. The Kier molecular flexibility index (Phi) is 43.2. The molecule has 0 aliphatic rings. The molecule has 0 saturated carbocycles. The minimum atomic E-state index is -1.00. The van der Waals surface area contributed by atoms with Gasteiger partial charge in [0.2, 0.25) is 0 Å². The molecule has 0 aliphatic heterocycles. The van der Waals surface area contributed by atoms with E-state index < -0.39 is 48.0 Å². The third-order valence-electron chi connectivity index (χ3n) is 2.06. The number of aliphatic carboxylic acids is 4. The van der Waals surface area contributed by atoms with Gasteiger partial charge in [-0.25, -0.2) is 0 Å². The van der Waals surface area contributed by atoms with Crippen LogP contribution in [0.2, 0.25) is 0 Å². The first kappa shape index (κ1) is 44.1. The Morgan fingerprint density at radius 1 is 0.500 bits per heavy atom. The van der Waals surface area contributed by atoms with Gasteiger partial charge in [-0.2, -0.15) is 50.5 Å². The maximum atomic E-state index is 9.76. The van der Waals surface area contributed by atoms with Crippen molar-refractivity contribution in [3.63, 3.8) is 0 Å². The molecule has 30 heavy (non-hydrogen) atoms. The third-order valence-corrected chi connectivity index (χ3v) is 3.63. The smallest absolute Gasteiger partial charge is 0.321 e. The number of rotatable bonds is 8. The largest absolute Gasteiger partial charge is 0.480 e. The molecule has 4 atom stereocenters. The van der Waals surface area contributed by atoms with E-state index in [1.165, 1.54) is 0 Å². The molecule has 0 unspecified atom stereocenters. The van der Waals surface area contributed by atoms with Gasteiger partial charge in [0, 0.05) is 62.0 Å². The Morgan fingerprint density at radius 2 is 0.600 bits per heavy atom. The van der Waals surface area contributed by atoms with Crippen LogP contribution in [-0.2, 0) is 58.1 Å². The van der Waals surface area contributed by atoms with E-state index in [9.17, 15) is 19.2 Å². The van der Waals surface area contributed by atoms with Gasteiger partial charge in [0.05, 0.1) is 0 Å². The molecule has 0 heterocycles. The predicted molar refractivity (Wildman–Crippen MR) is 118 cm³/mol. The van der Waals surface area contributed by atoms with Crippen LogP contribution in [0, 0.1) is 0 Å². The van der Waals surface area contributed by atoms with Crippen molar-refractivity contribution in [2.45, 2.75) is 24.2 Å². The topological polar surface area (TPSA) is 253 Å². The van der Waals surface area contributed by atoms with Crippen LogP contribution in [0.25, 0.3) is 0 Å². The van der Waals surface area contributed by atoms with E-state index in [4.69, 9.17) is 43.4 Å². The molecular formula is C12H28N4O8S4Zn2. The summed E-state index contributed by atoms with van der Waals surface area (Å²) in [6.45, 7) is 0. The number of hydrogen-bond donors (Lipinski definition) is 12. The molecule has 12 N–H and O–H groups in total. The number of carboxylic acid groups (broad SMARTS) is 4. The summed E-state index contributed by atoms with van der Waals surface area (Å²) in [6.07, 6.45) is 0. The fourth-order valence-corrected chi connectivity index (χ4v) is 0.937. The molecule has 172 valence electrons. The third kappa shape index (κ3) is 35.8. The molecule has 0 saturated heterocycles. The molecule has 0 fully saturated rings. The van der Waals surface area contributed by atoms with Gasteiger partial charge >= 0.3 is 23.9 Å². The van der Waals surface area contributed by atoms with Gasteiger partial charge in [0.25, 0.3) is 0 Å². The molecule has 0 aromatic heterocycles. The zero-order chi connectivity index (χ0) is 23.4. The minimum absolute atomic E-state index is 0. The van der Waals surface area contributed by atoms with Crippen LogP contribution in [0.5, 0.6) is 0 Å². The van der Waals surface area contributed by atoms with E-state index in [-0.39, 0.29) is 62.0 Å². The summed E-state index contributed by atoms with van der Waals surface area (Å²) in [4.78, 5) is 39.0. The number of carboxylic acids is 4. The van der Waals surface area contributed by atoms with E-state index in [0.29, 0.717) is 0 Å². The molecule has 18 heteroatoms. The maximum Gasteiger partial charge on any atom is 0.321 e. The predicted octanol–water partition coefficient (Wildman–Crippen LogP) is -2.69. The van der Waals surface area contributed by atoms with Gasteiger partial charge < -0.3 is 43.4 Å². The van der Waals surface area contributed by atoms with Crippen molar-refractivity contribution >= 4 is 74.4 Å². The average molecular weight is 615 g/mol. The van der Waals surface area contributed by atoms with Crippen LogP contribution in [-0.4, -0.2) is 91.5 Å². The van der Waals surface area contributed by atoms with Crippen molar-refractivity contribution in [1.82, 2.24) is 0 Å². The Bertz CT molecular complexity index is 392. The minimum Gasteiger partial charge on any atom is -0.480 e. The number of nitrogens with two attached hydrogens (primary N) is 4. The molecule has 0 bridgehead atoms. The summed E-state index contributed by atoms with van der Waals surface area (Å²) in [5, 5.41) is 32.0. The van der Waals surface area contributed by atoms with Crippen LogP contribution in [0.3, 0.4) is 0 Å². The van der Waals surface area contributed by atoms with Crippen molar-refractivity contribution in [2.24, 2.45) is 22.9 Å². The van der Waals surface area contributed by atoms with Gasteiger partial charge in [-0.3, -0.25) is 19.2 Å². The quantitative estimate of drug-likeness (QED) is 0.0985. The zero-order valence-electron chi connectivity index (χ0n) is 16.1. The van der Waals surface area contributed by atoms with E-state index in [1.807, 2.05) is 0 Å². The first-order valence-corrected chi connectivity index (χ1v) is 9.63. The van der Waals surface area contributed by atoms with Gasteiger partial charge in [-0.15, -0.1) is 0 Å². The fourth-order valence-electron chi connectivity index (χ4n) is 0.312. The van der Waals surface area contributed by atoms with Crippen LogP contribution in [0.15, 0.2) is 0 Å². The molecule has 12 nitrogen and oxygen atoms in total. The summed E-state index contributed by atoms with van der Waals surface area (Å²) in [6, 6.07) is -3.27. The van der Waals surface area contributed by atoms with Crippen LogP contribution in [0.1, 0.15) is 0 Å². The molecule has 0 aromatic rings.